The minimum absolute atomic E-state index is 0.289. The van der Waals surface area contributed by atoms with Gasteiger partial charge in [0.1, 0.15) is 5.75 Å². The van der Waals surface area contributed by atoms with E-state index in [2.05, 4.69) is 27.8 Å². The van der Waals surface area contributed by atoms with E-state index in [9.17, 15) is 0 Å². The lowest BCUT2D eigenvalue weighted by Crippen LogP contribution is -2.18. The van der Waals surface area contributed by atoms with Crippen LogP contribution in [0.1, 0.15) is 29.2 Å². The second-order valence-corrected chi connectivity index (χ2v) is 5.47. The zero-order valence-corrected chi connectivity index (χ0v) is 12.5. The number of hydrogen-bond donors (Lipinski definition) is 1. The van der Waals surface area contributed by atoms with Crippen molar-refractivity contribution >= 4 is 11.3 Å². The van der Waals surface area contributed by atoms with Gasteiger partial charge in [0.15, 0.2) is 0 Å². The minimum atomic E-state index is 0.289. The molecule has 1 atom stereocenters. The smallest absolute Gasteiger partial charge is 0.119 e. The van der Waals surface area contributed by atoms with E-state index in [1.807, 2.05) is 33.0 Å². The largest absolute Gasteiger partial charge is 0.494 e. The van der Waals surface area contributed by atoms with Gasteiger partial charge in [-0.05, 0) is 38.6 Å². The molecule has 0 aliphatic rings. The van der Waals surface area contributed by atoms with Gasteiger partial charge in [-0.15, -0.1) is 11.3 Å². The Morgan fingerprint density at radius 3 is 2.58 bits per heavy atom. The first-order valence-corrected chi connectivity index (χ1v) is 7.42. The molecule has 2 rings (SSSR count). The van der Waals surface area contributed by atoms with Crippen molar-refractivity contribution in [3.8, 4) is 5.75 Å². The molecule has 102 valence electrons. The van der Waals surface area contributed by atoms with E-state index in [4.69, 9.17) is 4.74 Å². The third-order valence-corrected chi connectivity index (χ3v) is 3.84. The van der Waals surface area contributed by atoms with Gasteiger partial charge in [0.25, 0.3) is 0 Å². The topological polar surface area (TPSA) is 34.1 Å². The molecule has 0 aliphatic carbocycles. The van der Waals surface area contributed by atoms with Crippen molar-refractivity contribution in [3.63, 3.8) is 0 Å². The molecule has 0 saturated heterocycles. The summed E-state index contributed by atoms with van der Waals surface area (Å²) in [5, 5.41) is 6.61. The van der Waals surface area contributed by atoms with Crippen LogP contribution < -0.4 is 10.1 Å². The molecule has 0 aliphatic heterocycles. The lowest BCUT2D eigenvalue weighted by molar-refractivity contribution is 0.340. The van der Waals surface area contributed by atoms with Gasteiger partial charge in [0.05, 0.1) is 17.3 Å². The molecule has 1 aromatic carbocycles. The Bertz CT molecular complexity index is 507. The molecule has 4 heteroatoms. The van der Waals surface area contributed by atoms with Gasteiger partial charge >= 0.3 is 0 Å². The second kappa shape index (κ2) is 6.68. The van der Waals surface area contributed by atoms with E-state index in [0.717, 1.165) is 22.9 Å². The highest BCUT2D eigenvalue weighted by Gasteiger charge is 2.12. The molecule has 19 heavy (non-hydrogen) atoms. The molecular formula is C15H20N2OS. The van der Waals surface area contributed by atoms with Gasteiger partial charge in [0, 0.05) is 17.8 Å². The molecule has 3 nitrogen and oxygen atoms in total. The molecule has 0 radical (unpaired) electrons. The summed E-state index contributed by atoms with van der Waals surface area (Å²) >= 11 is 1.70. The van der Waals surface area contributed by atoms with Crippen LogP contribution in [0.25, 0.3) is 0 Å². The van der Waals surface area contributed by atoms with Gasteiger partial charge in [-0.2, -0.15) is 0 Å². The Morgan fingerprint density at radius 2 is 2.05 bits per heavy atom. The summed E-state index contributed by atoms with van der Waals surface area (Å²) in [6.07, 6.45) is 0.912. The van der Waals surface area contributed by atoms with Crippen LogP contribution in [0.4, 0.5) is 0 Å². The number of aryl methyl sites for hydroxylation is 1. The molecule has 0 saturated carbocycles. The van der Waals surface area contributed by atoms with E-state index in [-0.39, 0.29) is 6.04 Å². The molecule has 1 aromatic heterocycles. The van der Waals surface area contributed by atoms with Gasteiger partial charge in [-0.3, -0.25) is 0 Å². The maximum atomic E-state index is 5.46. The average molecular weight is 276 g/mol. The summed E-state index contributed by atoms with van der Waals surface area (Å²) in [5.41, 5.74) is 2.41. The van der Waals surface area contributed by atoms with E-state index in [0.29, 0.717) is 6.61 Å². The third kappa shape index (κ3) is 3.78. The van der Waals surface area contributed by atoms with E-state index in [1.165, 1.54) is 5.56 Å². The number of rotatable bonds is 6. The fourth-order valence-corrected chi connectivity index (χ4v) is 2.69. The second-order valence-electron chi connectivity index (χ2n) is 4.41. The zero-order valence-electron chi connectivity index (χ0n) is 11.6. The van der Waals surface area contributed by atoms with Gasteiger partial charge in [-0.1, -0.05) is 12.1 Å². The molecule has 0 amide bonds. The number of likely N-dealkylation sites (N-methyl/N-ethyl adjacent to an activating group) is 1. The summed E-state index contributed by atoms with van der Waals surface area (Å²) in [4.78, 5) is 4.52. The van der Waals surface area contributed by atoms with Crippen LogP contribution in [-0.2, 0) is 6.42 Å². The Hall–Kier alpha value is -1.39. The maximum Gasteiger partial charge on any atom is 0.119 e. The summed E-state index contributed by atoms with van der Waals surface area (Å²) < 4.78 is 5.46. The highest BCUT2D eigenvalue weighted by atomic mass is 32.1. The van der Waals surface area contributed by atoms with Crippen LogP contribution in [0.5, 0.6) is 5.75 Å². The Kier molecular flexibility index (Phi) is 4.93. The molecule has 1 heterocycles. The van der Waals surface area contributed by atoms with Gasteiger partial charge in [0.2, 0.25) is 0 Å². The van der Waals surface area contributed by atoms with E-state index in [1.54, 1.807) is 11.3 Å². The molecule has 2 aromatic rings. The molecule has 0 fully saturated rings. The standard InChI is InChI=1S/C15H20N2OS/c1-4-18-14-7-5-12(6-8-14)15(16-3)9-13-10-19-11(2)17-13/h5-8,10,15-16H,4,9H2,1-3H3. The Morgan fingerprint density at radius 1 is 1.32 bits per heavy atom. The SMILES string of the molecule is CCOc1ccc(C(Cc2csc(C)n2)NC)cc1. The van der Waals surface area contributed by atoms with E-state index >= 15 is 0 Å². The van der Waals surface area contributed by atoms with Crippen LogP contribution in [-0.4, -0.2) is 18.6 Å². The van der Waals surface area contributed by atoms with Crippen LogP contribution in [0.2, 0.25) is 0 Å². The summed E-state index contributed by atoms with van der Waals surface area (Å²) in [6.45, 7) is 4.74. The number of thiazole rings is 1. The lowest BCUT2D eigenvalue weighted by atomic mass is 10.0. The predicted molar refractivity (Wildman–Crippen MR) is 80.0 cm³/mol. The molecule has 1 unspecified atom stereocenters. The molecule has 0 bridgehead atoms. The number of aromatic nitrogens is 1. The van der Waals surface area contributed by atoms with Crippen LogP contribution in [0.3, 0.4) is 0 Å². The Labute approximate surface area is 118 Å². The van der Waals surface area contributed by atoms with Crippen molar-refractivity contribution < 1.29 is 4.74 Å². The van der Waals surface area contributed by atoms with Crippen molar-refractivity contribution in [2.75, 3.05) is 13.7 Å². The number of ether oxygens (including phenoxy) is 1. The van der Waals surface area contributed by atoms with E-state index < -0.39 is 0 Å². The van der Waals surface area contributed by atoms with Crippen LogP contribution >= 0.6 is 11.3 Å². The van der Waals surface area contributed by atoms with Gasteiger partial charge in [-0.25, -0.2) is 4.98 Å². The zero-order chi connectivity index (χ0) is 13.7. The number of nitrogens with one attached hydrogen (secondary N) is 1. The summed E-state index contributed by atoms with van der Waals surface area (Å²) in [5.74, 6) is 0.922. The van der Waals surface area contributed by atoms with Crippen molar-refractivity contribution in [1.29, 1.82) is 0 Å². The quantitative estimate of drug-likeness (QED) is 0.878. The molecule has 0 spiro atoms. The fraction of sp³-hybridized carbons (Fsp3) is 0.400. The van der Waals surface area contributed by atoms with Crippen LogP contribution in [0.15, 0.2) is 29.6 Å². The summed E-state index contributed by atoms with van der Waals surface area (Å²) in [7, 11) is 1.99. The lowest BCUT2D eigenvalue weighted by Gasteiger charge is -2.16. The minimum Gasteiger partial charge on any atom is -0.494 e. The number of benzene rings is 1. The van der Waals surface area contributed by atoms with Crippen molar-refractivity contribution in [2.24, 2.45) is 0 Å². The molecular weight excluding hydrogens is 256 g/mol. The third-order valence-electron chi connectivity index (χ3n) is 3.02. The monoisotopic (exact) mass is 276 g/mol. The normalized spacial score (nSPS) is 12.4. The van der Waals surface area contributed by atoms with Gasteiger partial charge < -0.3 is 10.1 Å². The van der Waals surface area contributed by atoms with Crippen molar-refractivity contribution in [2.45, 2.75) is 26.3 Å². The maximum absolute atomic E-state index is 5.46. The first-order valence-electron chi connectivity index (χ1n) is 6.54. The predicted octanol–water partition coefficient (Wildman–Crippen LogP) is 3.35. The number of nitrogens with zero attached hydrogens (tertiary/aromatic N) is 1. The van der Waals surface area contributed by atoms with Crippen molar-refractivity contribution in [1.82, 2.24) is 10.3 Å². The summed E-state index contributed by atoms with van der Waals surface area (Å²) in [6, 6.07) is 8.57. The highest BCUT2D eigenvalue weighted by molar-refractivity contribution is 7.09. The first kappa shape index (κ1) is 14.0. The Balaban J connectivity index is 2.08. The fourth-order valence-electron chi connectivity index (χ4n) is 2.06. The highest BCUT2D eigenvalue weighted by Crippen LogP contribution is 2.22. The average Bonchev–Trinajstić information content (AvgIpc) is 2.83. The number of hydrogen-bond acceptors (Lipinski definition) is 4. The van der Waals surface area contributed by atoms with Crippen LogP contribution in [0, 0.1) is 6.92 Å². The first-order chi connectivity index (χ1) is 9.22. The molecule has 1 N–H and O–H groups in total. The van der Waals surface area contributed by atoms with Crippen molar-refractivity contribution in [3.05, 3.63) is 45.9 Å².